The average molecular weight is 644 g/mol. The van der Waals surface area contributed by atoms with Crippen molar-refractivity contribution in [2.45, 2.75) is 53.7 Å². The molecule has 0 amide bonds. The van der Waals surface area contributed by atoms with Crippen LogP contribution in [0.4, 0.5) is 0 Å². The Morgan fingerprint density at radius 1 is 1.15 bits per heavy atom. The summed E-state index contributed by atoms with van der Waals surface area (Å²) in [4.78, 5) is 43.7. The zero-order valence-corrected chi connectivity index (χ0v) is 26.1. The van der Waals surface area contributed by atoms with E-state index in [-0.39, 0.29) is 24.0 Å². The Morgan fingerprint density at radius 3 is 2.46 bits per heavy atom. The Hall–Kier alpha value is -3.70. The molecule has 0 saturated heterocycles. The molecule has 1 aromatic heterocycles. The second-order valence-corrected chi connectivity index (χ2v) is 11.3. The van der Waals surface area contributed by atoms with Gasteiger partial charge in [0.2, 0.25) is 0 Å². The number of carbonyl (C=O) groups excluding carboxylic acids is 2. The Morgan fingerprint density at radius 2 is 1.85 bits per heavy atom. The smallest absolute Gasteiger partial charge is 0.338 e. The highest BCUT2D eigenvalue weighted by Crippen LogP contribution is 2.37. The summed E-state index contributed by atoms with van der Waals surface area (Å²) in [5.41, 5.74) is 1.84. The van der Waals surface area contributed by atoms with Gasteiger partial charge in [0.25, 0.3) is 5.56 Å². The van der Waals surface area contributed by atoms with Crippen LogP contribution in [0.5, 0.6) is 17.2 Å². The molecule has 4 rings (SSSR count). The molecule has 1 atom stereocenters. The summed E-state index contributed by atoms with van der Waals surface area (Å²) in [6.07, 6.45) is 1.72. The van der Waals surface area contributed by atoms with Crippen molar-refractivity contribution < 1.29 is 28.5 Å². The van der Waals surface area contributed by atoms with E-state index in [9.17, 15) is 14.4 Å². The largest absolute Gasteiger partial charge is 0.491 e. The van der Waals surface area contributed by atoms with Crippen molar-refractivity contribution in [3.05, 3.63) is 83.0 Å². The first-order valence-corrected chi connectivity index (χ1v) is 14.8. The van der Waals surface area contributed by atoms with E-state index in [1.807, 2.05) is 45.0 Å². The number of hydrogen-bond acceptors (Lipinski definition) is 9. The maximum Gasteiger partial charge on any atom is 0.338 e. The predicted octanol–water partition coefficient (Wildman–Crippen LogP) is 4.67. The number of rotatable bonds is 9. The van der Waals surface area contributed by atoms with Crippen LogP contribution in [0.25, 0.3) is 6.08 Å². The quantitative estimate of drug-likeness (QED) is 0.247. The molecule has 1 aliphatic heterocycles. The van der Waals surface area contributed by atoms with Crippen molar-refractivity contribution >= 4 is 45.3 Å². The fraction of sp³-hybridized carbons (Fsp3) is 0.333. The lowest BCUT2D eigenvalue weighted by molar-refractivity contribution is -0.139. The van der Waals surface area contributed by atoms with Gasteiger partial charge < -0.3 is 18.9 Å². The first kappa shape index (κ1) is 30.3. The lowest BCUT2D eigenvalue weighted by Gasteiger charge is -2.25. The fourth-order valence-electron chi connectivity index (χ4n) is 4.44. The van der Waals surface area contributed by atoms with E-state index in [0.717, 1.165) is 5.56 Å². The van der Waals surface area contributed by atoms with Crippen LogP contribution in [-0.2, 0) is 14.3 Å². The molecular weight excluding hydrogens is 612 g/mol. The number of thiazole rings is 1. The molecule has 0 aliphatic carbocycles. The number of benzene rings is 2. The van der Waals surface area contributed by atoms with Gasteiger partial charge in [-0.1, -0.05) is 23.5 Å². The van der Waals surface area contributed by atoms with E-state index in [1.165, 1.54) is 22.8 Å². The minimum absolute atomic E-state index is 0.00197. The zero-order chi connectivity index (χ0) is 29.8. The number of carbonyl (C=O) groups is 2. The second-order valence-electron chi connectivity index (χ2n) is 9.39. The Bertz CT molecular complexity index is 1690. The molecule has 0 bridgehead atoms. The van der Waals surface area contributed by atoms with E-state index in [4.69, 9.17) is 18.9 Å². The van der Waals surface area contributed by atoms with E-state index in [0.29, 0.717) is 48.7 Å². The van der Waals surface area contributed by atoms with Crippen LogP contribution < -0.4 is 29.1 Å². The van der Waals surface area contributed by atoms with Crippen LogP contribution in [0, 0.1) is 0 Å². The summed E-state index contributed by atoms with van der Waals surface area (Å²) in [5, 5.41) is 0. The van der Waals surface area contributed by atoms with E-state index < -0.39 is 18.0 Å². The second kappa shape index (κ2) is 12.9. The van der Waals surface area contributed by atoms with E-state index in [1.54, 1.807) is 32.1 Å². The lowest BCUT2D eigenvalue weighted by atomic mass is 9.96. The SMILES string of the molecule is CCOC(=O)C1=C(C)N=c2s/c(=C\c3cc(Br)c(OC(C)=O)c(OCC)c3)c(=O)n2[C@H]1c1ccc(OC(C)C)cc1. The molecule has 9 nitrogen and oxygen atoms in total. The third kappa shape index (κ3) is 6.62. The van der Waals surface area contributed by atoms with Gasteiger partial charge in [-0.15, -0.1) is 0 Å². The molecule has 1 aliphatic rings. The van der Waals surface area contributed by atoms with Crippen LogP contribution >= 0.6 is 27.3 Å². The molecule has 216 valence electrons. The summed E-state index contributed by atoms with van der Waals surface area (Å²) < 4.78 is 24.6. The van der Waals surface area contributed by atoms with Gasteiger partial charge in [0, 0.05) is 6.92 Å². The number of aromatic nitrogens is 1. The van der Waals surface area contributed by atoms with Crippen LogP contribution in [0.15, 0.2) is 61.9 Å². The molecule has 41 heavy (non-hydrogen) atoms. The van der Waals surface area contributed by atoms with Gasteiger partial charge in [0.05, 0.1) is 45.6 Å². The fourth-order valence-corrected chi connectivity index (χ4v) is 6.02. The molecule has 0 fully saturated rings. The van der Waals surface area contributed by atoms with E-state index in [2.05, 4.69) is 20.9 Å². The van der Waals surface area contributed by atoms with Crippen molar-refractivity contribution in [3.8, 4) is 17.2 Å². The summed E-state index contributed by atoms with van der Waals surface area (Å²) in [5.74, 6) is 0.296. The highest BCUT2D eigenvalue weighted by molar-refractivity contribution is 9.10. The van der Waals surface area contributed by atoms with Gasteiger partial charge in [-0.3, -0.25) is 14.2 Å². The predicted molar refractivity (Wildman–Crippen MR) is 159 cm³/mol. The molecule has 2 heterocycles. The summed E-state index contributed by atoms with van der Waals surface area (Å²) in [6, 6.07) is 10.0. The molecule has 0 saturated carbocycles. The van der Waals surface area contributed by atoms with Crippen LogP contribution in [0.3, 0.4) is 0 Å². The number of fused-ring (bicyclic) bond motifs is 1. The lowest BCUT2D eigenvalue weighted by Crippen LogP contribution is -2.39. The van der Waals surface area contributed by atoms with Crippen molar-refractivity contribution in [2.75, 3.05) is 13.2 Å². The monoisotopic (exact) mass is 642 g/mol. The minimum atomic E-state index is -0.738. The number of esters is 2. The van der Waals surface area contributed by atoms with Gasteiger partial charge in [-0.05, 0) is 92.0 Å². The van der Waals surface area contributed by atoms with Crippen molar-refractivity contribution in [1.82, 2.24) is 4.57 Å². The Kier molecular flexibility index (Phi) is 9.49. The third-order valence-corrected chi connectivity index (χ3v) is 7.53. The normalized spacial score (nSPS) is 14.9. The first-order chi connectivity index (χ1) is 19.5. The molecule has 0 N–H and O–H groups in total. The van der Waals surface area contributed by atoms with Gasteiger partial charge in [0.1, 0.15) is 5.75 Å². The van der Waals surface area contributed by atoms with Gasteiger partial charge in [0.15, 0.2) is 16.3 Å². The number of halogens is 1. The first-order valence-electron chi connectivity index (χ1n) is 13.1. The number of nitrogens with zero attached hydrogens (tertiary/aromatic N) is 2. The highest BCUT2D eigenvalue weighted by atomic mass is 79.9. The average Bonchev–Trinajstić information content (AvgIpc) is 3.19. The maximum absolute atomic E-state index is 13.9. The molecule has 3 aromatic rings. The van der Waals surface area contributed by atoms with Crippen LogP contribution in [0.2, 0.25) is 0 Å². The Labute approximate surface area is 249 Å². The van der Waals surface area contributed by atoms with Gasteiger partial charge >= 0.3 is 11.9 Å². The molecule has 2 aromatic carbocycles. The van der Waals surface area contributed by atoms with Gasteiger partial charge in [-0.2, -0.15) is 0 Å². The third-order valence-electron chi connectivity index (χ3n) is 5.96. The van der Waals surface area contributed by atoms with E-state index >= 15 is 0 Å². The zero-order valence-electron chi connectivity index (χ0n) is 23.6. The standard InChI is InChI=1S/C30H31BrN2O7S/c1-7-37-23-14-19(13-22(31)27(23)40-18(6)34)15-24-28(35)33-26(20-9-11-21(12-10-20)39-16(3)4)25(29(36)38-8-2)17(5)32-30(33)41-24/h9-16,26H,7-8H2,1-6H3/b24-15-/t26-/m0/s1. The number of ether oxygens (including phenoxy) is 4. The number of hydrogen-bond donors (Lipinski definition) is 0. The number of allylic oxidation sites excluding steroid dienone is 1. The molecule has 0 spiro atoms. The molecule has 11 heteroatoms. The van der Waals surface area contributed by atoms with Crippen molar-refractivity contribution in [1.29, 1.82) is 0 Å². The highest BCUT2D eigenvalue weighted by Gasteiger charge is 2.33. The van der Waals surface area contributed by atoms with Crippen molar-refractivity contribution in [3.63, 3.8) is 0 Å². The van der Waals surface area contributed by atoms with Gasteiger partial charge in [-0.25, -0.2) is 9.79 Å². The topological polar surface area (TPSA) is 105 Å². The minimum Gasteiger partial charge on any atom is -0.491 e. The summed E-state index contributed by atoms with van der Waals surface area (Å²) in [6.45, 7) is 11.0. The van der Waals surface area contributed by atoms with Crippen molar-refractivity contribution in [2.24, 2.45) is 4.99 Å². The molecule has 0 unspecified atom stereocenters. The molecular formula is C30H31BrN2O7S. The summed E-state index contributed by atoms with van der Waals surface area (Å²) in [7, 11) is 0. The maximum atomic E-state index is 13.9. The molecule has 0 radical (unpaired) electrons. The summed E-state index contributed by atoms with van der Waals surface area (Å²) >= 11 is 4.66. The Balaban J connectivity index is 1.88. The van der Waals surface area contributed by atoms with Crippen LogP contribution in [0.1, 0.15) is 58.7 Å². The van der Waals surface area contributed by atoms with Crippen LogP contribution in [-0.4, -0.2) is 35.8 Å².